The molecule has 4 aromatic rings. The van der Waals surface area contributed by atoms with Crippen molar-refractivity contribution in [2.45, 2.75) is 71.7 Å². The first-order valence-corrected chi connectivity index (χ1v) is 13.4. The number of rotatable bonds is 4. The summed E-state index contributed by atoms with van der Waals surface area (Å²) in [5.74, 6) is 0.820. The van der Waals surface area contributed by atoms with Gasteiger partial charge in [-0.15, -0.1) is 0 Å². The molecule has 1 aliphatic heterocycles. The molecule has 1 N–H and O–H groups in total. The second kappa shape index (κ2) is 9.82. The van der Waals surface area contributed by atoms with Gasteiger partial charge in [-0.3, -0.25) is 4.79 Å². The van der Waals surface area contributed by atoms with E-state index in [0.717, 1.165) is 41.9 Å². The number of carbonyl (C=O) groups is 2. The number of para-hydroxylation sites is 1. The van der Waals surface area contributed by atoms with Crippen molar-refractivity contribution in [3.8, 4) is 11.5 Å². The Morgan fingerprint density at radius 1 is 1.11 bits per heavy atom. The van der Waals surface area contributed by atoms with Crippen LogP contribution in [-0.2, 0) is 18.3 Å². The first-order valence-electron chi connectivity index (χ1n) is 13.4. The van der Waals surface area contributed by atoms with E-state index in [1.54, 1.807) is 0 Å². The Hall–Kier alpha value is -3.81. The lowest BCUT2D eigenvalue weighted by Gasteiger charge is -2.39. The van der Waals surface area contributed by atoms with Crippen molar-refractivity contribution in [3.05, 3.63) is 54.1 Å². The lowest BCUT2D eigenvalue weighted by atomic mass is 9.96. The van der Waals surface area contributed by atoms with Gasteiger partial charge in [0, 0.05) is 42.6 Å². The number of carbonyl (C=O) groups excluding carboxylic acids is 2. The number of ether oxygens (including phenoxy) is 1. The average molecular weight is 516 g/mol. The molecule has 38 heavy (non-hydrogen) atoms. The number of aromatic nitrogens is 3. The molecule has 5 rings (SSSR count). The maximum absolute atomic E-state index is 13.6. The molecule has 200 valence electrons. The van der Waals surface area contributed by atoms with Crippen molar-refractivity contribution in [3.63, 3.8) is 0 Å². The quantitative estimate of drug-likeness (QED) is 0.376. The van der Waals surface area contributed by atoms with Crippen LogP contribution in [0, 0.1) is 0 Å². The lowest BCUT2D eigenvalue weighted by Crippen LogP contribution is -2.56. The Labute approximate surface area is 223 Å². The third kappa shape index (κ3) is 4.75. The number of imidazole rings is 1. The van der Waals surface area contributed by atoms with Crippen LogP contribution < -0.4 is 5.32 Å². The molecule has 2 amide bonds. The van der Waals surface area contributed by atoms with Gasteiger partial charge in [0.2, 0.25) is 0 Å². The Bertz CT molecular complexity index is 1510. The largest absolute Gasteiger partial charge is 0.444 e. The Morgan fingerprint density at radius 3 is 2.61 bits per heavy atom. The molecule has 0 radical (unpaired) electrons. The highest BCUT2D eigenvalue weighted by Gasteiger charge is 2.33. The van der Waals surface area contributed by atoms with Gasteiger partial charge in [0.15, 0.2) is 5.82 Å². The van der Waals surface area contributed by atoms with Gasteiger partial charge in [-0.05, 0) is 77.8 Å². The highest BCUT2D eigenvalue weighted by molar-refractivity contribution is 5.98. The fourth-order valence-corrected chi connectivity index (χ4v) is 5.55. The predicted octanol–water partition coefficient (Wildman–Crippen LogP) is 5.73. The summed E-state index contributed by atoms with van der Waals surface area (Å²) in [4.78, 5) is 32.8. The van der Waals surface area contributed by atoms with Crippen molar-refractivity contribution in [2.75, 3.05) is 6.54 Å². The van der Waals surface area contributed by atoms with E-state index in [9.17, 15) is 9.59 Å². The number of hydrogen-bond acceptors (Lipinski definition) is 4. The molecule has 1 saturated heterocycles. The SMILES string of the molecule is CCn1c(-c2nc3cc(C(=O)N4CCC[C@H](NC(=O)OC(C)(C)C)[C@@H]4C)ccc3n2C)cc2ccccc21. The number of amides is 2. The van der Waals surface area contributed by atoms with Crippen molar-refractivity contribution < 1.29 is 14.3 Å². The molecule has 2 aromatic heterocycles. The second-order valence-corrected chi connectivity index (χ2v) is 11.2. The molecule has 8 heteroatoms. The zero-order valence-corrected chi connectivity index (χ0v) is 23.1. The summed E-state index contributed by atoms with van der Waals surface area (Å²) in [6.07, 6.45) is 1.17. The van der Waals surface area contributed by atoms with Gasteiger partial charge in [0.05, 0.1) is 22.8 Å². The zero-order chi connectivity index (χ0) is 27.2. The molecule has 3 heterocycles. The average Bonchev–Trinajstić information content (AvgIpc) is 3.40. The number of aryl methyl sites for hydroxylation is 2. The fourth-order valence-electron chi connectivity index (χ4n) is 5.55. The summed E-state index contributed by atoms with van der Waals surface area (Å²) in [5.41, 5.74) is 4.03. The van der Waals surface area contributed by atoms with Gasteiger partial charge in [-0.2, -0.15) is 0 Å². The van der Waals surface area contributed by atoms with E-state index in [0.29, 0.717) is 12.1 Å². The topological polar surface area (TPSA) is 81.4 Å². The van der Waals surface area contributed by atoms with Crippen LogP contribution in [0.25, 0.3) is 33.5 Å². The van der Waals surface area contributed by atoms with Crippen LogP contribution >= 0.6 is 0 Å². The maximum atomic E-state index is 13.6. The molecule has 0 aliphatic carbocycles. The molecular weight excluding hydrogens is 478 g/mol. The van der Waals surface area contributed by atoms with Crippen LogP contribution in [0.3, 0.4) is 0 Å². The Balaban J connectivity index is 1.42. The summed E-state index contributed by atoms with van der Waals surface area (Å²) >= 11 is 0. The number of piperidine rings is 1. The molecule has 2 aromatic carbocycles. The zero-order valence-electron chi connectivity index (χ0n) is 23.1. The minimum atomic E-state index is -0.570. The molecule has 0 spiro atoms. The van der Waals surface area contributed by atoms with Crippen LogP contribution in [0.1, 0.15) is 57.8 Å². The number of likely N-dealkylation sites (tertiary alicyclic amines) is 1. The van der Waals surface area contributed by atoms with Crippen molar-refractivity contribution in [2.24, 2.45) is 7.05 Å². The summed E-state index contributed by atoms with van der Waals surface area (Å²) < 4.78 is 9.80. The molecular formula is C30H37N5O3. The standard InChI is InChI=1S/C30H37N5O3/c1-7-34-24-13-9-8-11-20(24)18-26(34)27-31-23-17-21(14-15-25(23)33(27)6)28(36)35-16-10-12-22(19(35)2)32-29(37)38-30(3,4)5/h8-9,11,13-15,17-19,22H,7,10,12,16H2,1-6H3,(H,32,37)/t19-,22-/m0/s1. The minimum Gasteiger partial charge on any atom is -0.444 e. The molecule has 0 saturated carbocycles. The van der Waals surface area contributed by atoms with E-state index in [-0.39, 0.29) is 18.0 Å². The van der Waals surface area contributed by atoms with Crippen molar-refractivity contribution in [1.29, 1.82) is 0 Å². The minimum absolute atomic E-state index is 0.0510. The second-order valence-electron chi connectivity index (χ2n) is 11.2. The van der Waals surface area contributed by atoms with E-state index < -0.39 is 11.7 Å². The smallest absolute Gasteiger partial charge is 0.407 e. The first kappa shape index (κ1) is 25.8. The molecule has 1 aliphatic rings. The van der Waals surface area contributed by atoms with Crippen LogP contribution in [0.5, 0.6) is 0 Å². The lowest BCUT2D eigenvalue weighted by molar-refractivity contribution is 0.0385. The third-order valence-corrected chi connectivity index (χ3v) is 7.43. The van der Waals surface area contributed by atoms with Crippen molar-refractivity contribution >= 4 is 33.9 Å². The number of fused-ring (bicyclic) bond motifs is 2. The van der Waals surface area contributed by atoms with Gasteiger partial charge in [-0.25, -0.2) is 9.78 Å². The van der Waals surface area contributed by atoms with E-state index in [1.807, 2.05) is 63.9 Å². The number of nitrogens with zero attached hydrogens (tertiary/aromatic N) is 4. The summed E-state index contributed by atoms with van der Waals surface area (Å²) in [6.45, 7) is 11.1. The number of nitrogens with one attached hydrogen (secondary N) is 1. The summed E-state index contributed by atoms with van der Waals surface area (Å²) in [5, 5.41) is 4.15. The molecule has 8 nitrogen and oxygen atoms in total. The van der Waals surface area contributed by atoms with E-state index >= 15 is 0 Å². The number of alkyl carbamates (subject to hydrolysis) is 1. The Kier molecular flexibility index (Phi) is 6.67. The normalized spacial score (nSPS) is 18.2. The van der Waals surface area contributed by atoms with Gasteiger partial charge in [0.25, 0.3) is 5.91 Å². The molecule has 2 atom stereocenters. The van der Waals surface area contributed by atoms with Gasteiger partial charge in [-0.1, -0.05) is 18.2 Å². The van der Waals surface area contributed by atoms with Gasteiger partial charge < -0.3 is 24.1 Å². The predicted molar refractivity (Wildman–Crippen MR) is 150 cm³/mol. The van der Waals surface area contributed by atoms with Gasteiger partial charge >= 0.3 is 6.09 Å². The fraction of sp³-hybridized carbons (Fsp3) is 0.433. The monoisotopic (exact) mass is 515 g/mol. The van der Waals surface area contributed by atoms with Crippen LogP contribution in [-0.4, -0.2) is 55.2 Å². The van der Waals surface area contributed by atoms with Crippen molar-refractivity contribution in [1.82, 2.24) is 24.3 Å². The number of hydrogen-bond donors (Lipinski definition) is 1. The summed E-state index contributed by atoms with van der Waals surface area (Å²) in [7, 11) is 2.02. The molecule has 0 unspecified atom stereocenters. The molecule has 0 bridgehead atoms. The Morgan fingerprint density at radius 2 is 1.87 bits per heavy atom. The molecule has 1 fully saturated rings. The van der Waals surface area contributed by atoms with Crippen LogP contribution in [0.15, 0.2) is 48.5 Å². The first-order chi connectivity index (χ1) is 18.1. The third-order valence-electron chi connectivity index (χ3n) is 7.43. The van der Waals surface area contributed by atoms with Crippen LogP contribution in [0.2, 0.25) is 0 Å². The van der Waals surface area contributed by atoms with Gasteiger partial charge in [0.1, 0.15) is 5.60 Å². The van der Waals surface area contributed by atoms with E-state index in [4.69, 9.17) is 9.72 Å². The highest BCUT2D eigenvalue weighted by atomic mass is 16.6. The summed E-state index contributed by atoms with van der Waals surface area (Å²) in [6, 6.07) is 16.0. The van der Waals surface area contributed by atoms with E-state index in [1.165, 1.54) is 10.9 Å². The highest BCUT2D eigenvalue weighted by Crippen LogP contribution is 2.31. The maximum Gasteiger partial charge on any atom is 0.407 e. The number of benzene rings is 2. The van der Waals surface area contributed by atoms with E-state index in [2.05, 4.69) is 45.6 Å². The van der Waals surface area contributed by atoms with Crippen LogP contribution in [0.4, 0.5) is 4.79 Å².